The van der Waals surface area contributed by atoms with Crippen LogP contribution in [0.15, 0.2) is 58.8 Å². The lowest BCUT2D eigenvalue weighted by Crippen LogP contribution is -1.92. The number of cyclic esters (lactones) is 1. The van der Waals surface area contributed by atoms with Crippen molar-refractivity contribution in [1.29, 1.82) is 0 Å². The van der Waals surface area contributed by atoms with Crippen molar-refractivity contribution in [3.63, 3.8) is 0 Å². The molecule has 0 N–H and O–H groups in total. The Morgan fingerprint density at radius 2 is 1.71 bits per heavy atom. The number of nitro groups is 1. The summed E-state index contributed by atoms with van der Waals surface area (Å²) < 4.78 is 5.21. The number of benzene rings is 2. The fourth-order valence-corrected chi connectivity index (χ4v) is 2.65. The predicted molar refractivity (Wildman–Crippen MR) is 78.8 cm³/mol. The fraction of sp³-hybridized carbons (Fsp3) is 0. The minimum Gasteiger partial charge on any atom is -0.422 e. The number of carbonyl (C=O) groups is 1. The van der Waals surface area contributed by atoms with Gasteiger partial charge in [0, 0.05) is 28.0 Å². The highest BCUT2D eigenvalue weighted by molar-refractivity contribution is 8.02. The SMILES string of the molecule is O=C1O/C(=C\Sc2ccc([N+](=O)[O-])cc2)c2ccccc21. The highest BCUT2D eigenvalue weighted by Crippen LogP contribution is 2.33. The summed E-state index contributed by atoms with van der Waals surface area (Å²) in [5.41, 5.74) is 1.36. The standard InChI is InChI=1S/C15H9NO4S/c17-15-13-4-2-1-3-12(13)14(20-15)9-21-11-7-5-10(6-8-11)16(18)19/h1-9H/b14-9-. The highest BCUT2D eigenvalue weighted by Gasteiger charge is 2.25. The van der Waals surface area contributed by atoms with E-state index in [4.69, 9.17) is 4.74 Å². The van der Waals surface area contributed by atoms with E-state index in [2.05, 4.69) is 0 Å². The predicted octanol–water partition coefficient (Wildman–Crippen LogP) is 3.86. The van der Waals surface area contributed by atoms with Crippen LogP contribution in [0.4, 0.5) is 5.69 Å². The number of nitrogens with zero attached hydrogens (tertiary/aromatic N) is 1. The Kier molecular flexibility index (Phi) is 3.45. The first kappa shape index (κ1) is 13.4. The number of rotatable bonds is 3. The first-order valence-electron chi connectivity index (χ1n) is 6.08. The Hall–Kier alpha value is -2.60. The zero-order valence-electron chi connectivity index (χ0n) is 10.7. The van der Waals surface area contributed by atoms with Crippen molar-refractivity contribution in [2.24, 2.45) is 0 Å². The topological polar surface area (TPSA) is 69.4 Å². The van der Waals surface area contributed by atoms with E-state index in [1.54, 1.807) is 29.7 Å². The van der Waals surface area contributed by atoms with Gasteiger partial charge in [0.2, 0.25) is 0 Å². The smallest absolute Gasteiger partial charge is 0.344 e. The Bertz CT molecular complexity index is 753. The van der Waals surface area contributed by atoms with E-state index in [-0.39, 0.29) is 11.7 Å². The third-order valence-corrected chi connectivity index (χ3v) is 3.84. The van der Waals surface area contributed by atoms with E-state index in [0.717, 1.165) is 10.5 Å². The molecule has 0 aliphatic carbocycles. The lowest BCUT2D eigenvalue weighted by molar-refractivity contribution is -0.384. The van der Waals surface area contributed by atoms with Crippen molar-refractivity contribution >= 4 is 29.2 Å². The zero-order chi connectivity index (χ0) is 14.8. The average Bonchev–Trinajstić information content (AvgIpc) is 2.83. The third-order valence-electron chi connectivity index (χ3n) is 2.96. The quantitative estimate of drug-likeness (QED) is 0.372. The van der Waals surface area contributed by atoms with E-state index in [1.165, 1.54) is 23.9 Å². The lowest BCUT2D eigenvalue weighted by atomic mass is 10.1. The average molecular weight is 299 g/mol. The maximum atomic E-state index is 11.7. The molecule has 104 valence electrons. The van der Waals surface area contributed by atoms with E-state index in [9.17, 15) is 14.9 Å². The molecule has 6 heteroatoms. The van der Waals surface area contributed by atoms with Crippen LogP contribution in [0.5, 0.6) is 0 Å². The number of ether oxygens (including phenoxy) is 1. The van der Waals surface area contributed by atoms with Crippen molar-refractivity contribution in [1.82, 2.24) is 0 Å². The van der Waals surface area contributed by atoms with Crippen molar-refractivity contribution in [3.05, 3.63) is 75.2 Å². The Morgan fingerprint density at radius 3 is 2.38 bits per heavy atom. The van der Waals surface area contributed by atoms with Gasteiger partial charge in [0.25, 0.3) is 5.69 Å². The van der Waals surface area contributed by atoms with Crippen LogP contribution in [0.1, 0.15) is 15.9 Å². The van der Waals surface area contributed by atoms with Crippen LogP contribution in [-0.2, 0) is 4.74 Å². The number of esters is 1. The minimum absolute atomic E-state index is 0.0460. The highest BCUT2D eigenvalue weighted by atomic mass is 32.2. The molecule has 5 nitrogen and oxygen atoms in total. The summed E-state index contributed by atoms with van der Waals surface area (Å²) in [4.78, 5) is 22.6. The van der Waals surface area contributed by atoms with Gasteiger partial charge < -0.3 is 4.74 Å². The summed E-state index contributed by atoms with van der Waals surface area (Å²) in [6, 6.07) is 13.4. The van der Waals surface area contributed by atoms with Gasteiger partial charge in [0.15, 0.2) is 0 Å². The van der Waals surface area contributed by atoms with Crippen molar-refractivity contribution in [2.45, 2.75) is 4.90 Å². The van der Waals surface area contributed by atoms with Gasteiger partial charge in [-0.2, -0.15) is 0 Å². The molecule has 0 spiro atoms. The summed E-state index contributed by atoms with van der Waals surface area (Å²) in [5.74, 6) is 0.139. The zero-order valence-corrected chi connectivity index (χ0v) is 11.5. The molecule has 1 aliphatic heterocycles. The molecule has 0 saturated carbocycles. The Balaban J connectivity index is 1.81. The molecule has 2 aromatic rings. The van der Waals surface area contributed by atoms with Gasteiger partial charge in [-0.15, -0.1) is 0 Å². The van der Waals surface area contributed by atoms with Crippen LogP contribution in [-0.4, -0.2) is 10.9 Å². The Labute approximate surface area is 124 Å². The molecule has 0 aromatic heterocycles. The van der Waals surface area contributed by atoms with E-state index >= 15 is 0 Å². The van der Waals surface area contributed by atoms with Crippen LogP contribution < -0.4 is 0 Å². The summed E-state index contributed by atoms with van der Waals surface area (Å²) in [6.45, 7) is 0. The number of carbonyl (C=O) groups excluding carboxylic acids is 1. The second-order valence-electron chi connectivity index (χ2n) is 4.29. The molecule has 1 heterocycles. The first-order chi connectivity index (χ1) is 10.1. The Morgan fingerprint density at radius 1 is 1.05 bits per heavy atom. The monoisotopic (exact) mass is 299 g/mol. The first-order valence-corrected chi connectivity index (χ1v) is 6.96. The summed E-state index contributed by atoms with van der Waals surface area (Å²) in [5, 5.41) is 12.3. The van der Waals surface area contributed by atoms with Crippen LogP contribution in [0.3, 0.4) is 0 Å². The van der Waals surface area contributed by atoms with E-state index < -0.39 is 4.92 Å². The van der Waals surface area contributed by atoms with Crippen molar-refractivity contribution < 1.29 is 14.5 Å². The molecule has 0 bridgehead atoms. The van der Waals surface area contributed by atoms with Gasteiger partial charge in [0.1, 0.15) is 5.76 Å². The van der Waals surface area contributed by atoms with Gasteiger partial charge in [0.05, 0.1) is 10.5 Å². The van der Waals surface area contributed by atoms with E-state index in [0.29, 0.717) is 11.3 Å². The minimum atomic E-state index is -0.443. The second kappa shape index (κ2) is 5.41. The maximum Gasteiger partial charge on any atom is 0.344 e. The molecular weight excluding hydrogens is 290 g/mol. The second-order valence-corrected chi connectivity index (χ2v) is 5.23. The fourth-order valence-electron chi connectivity index (χ4n) is 1.94. The van der Waals surface area contributed by atoms with Gasteiger partial charge in [-0.25, -0.2) is 4.79 Å². The lowest BCUT2D eigenvalue weighted by Gasteiger charge is -1.99. The number of nitro benzene ring substituents is 1. The molecule has 3 rings (SSSR count). The van der Waals surface area contributed by atoms with Crippen molar-refractivity contribution in [2.75, 3.05) is 0 Å². The molecule has 0 fully saturated rings. The normalized spacial score (nSPS) is 14.9. The number of hydrogen-bond acceptors (Lipinski definition) is 5. The molecule has 0 saturated heterocycles. The van der Waals surface area contributed by atoms with Gasteiger partial charge >= 0.3 is 5.97 Å². The molecule has 0 unspecified atom stereocenters. The van der Waals surface area contributed by atoms with Gasteiger partial charge in [-0.3, -0.25) is 10.1 Å². The molecule has 21 heavy (non-hydrogen) atoms. The van der Waals surface area contributed by atoms with Crippen LogP contribution in [0.2, 0.25) is 0 Å². The van der Waals surface area contributed by atoms with E-state index in [1.807, 2.05) is 12.1 Å². The number of hydrogen-bond donors (Lipinski definition) is 0. The van der Waals surface area contributed by atoms with Gasteiger partial charge in [-0.05, 0) is 18.2 Å². The number of fused-ring (bicyclic) bond motifs is 1. The molecule has 0 amide bonds. The van der Waals surface area contributed by atoms with Crippen LogP contribution in [0, 0.1) is 10.1 Å². The summed E-state index contributed by atoms with van der Waals surface area (Å²) in [7, 11) is 0. The number of thioether (sulfide) groups is 1. The summed E-state index contributed by atoms with van der Waals surface area (Å²) >= 11 is 1.34. The van der Waals surface area contributed by atoms with Crippen LogP contribution in [0.25, 0.3) is 5.76 Å². The third kappa shape index (κ3) is 2.66. The molecule has 0 radical (unpaired) electrons. The molecule has 0 atom stereocenters. The van der Waals surface area contributed by atoms with Crippen LogP contribution >= 0.6 is 11.8 Å². The largest absolute Gasteiger partial charge is 0.422 e. The molecule has 1 aliphatic rings. The van der Waals surface area contributed by atoms with Crippen molar-refractivity contribution in [3.8, 4) is 0 Å². The summed E-state index contributed by atoms with van der Waals surface area (Å²) in [6.07, 6.45) is 0. The molecule has 2 aromatic carbocycles. The van der Waals surface area contributed by atoms with Gasteiger partial charge in [-0.1, -0.05) is 30.0 Å². The maximum absolute atomic E-state index is 11.7. The molecular formula is C15H9NO4S. The number of non-ortho nitro benzene ring substituents is 1.